The van der Waals surface area contributed by atoms with E-state index in [2.05, 4.69) is 19.5 Å². The first-order chi connectivity index (χ1) is 22.8. The van der Waals surface area contributed by atoms with Crippen LogP contribution in [0.1, 0.15) is 37.5 Å². The van der Waals surface area contributed by atoms with Crippen molar-refractivity contribution in [1.29, 1.82) is 0 Å². The van der Waals surface area contributed by atoms with Crippen LogP contribution < -0.4 is 18.9 Å². The van der Waals surface area contributed by atoms with Crippen LogP contribution in [0.25, 0.3) is 0 Å². The van der Waals surface area contributed by atoms with Crippen LogP contribution in [0, 0.1) is 10.1 Å². The molecule has 1 heterocycles. The van der Waals surface area contributed by atoms with Crippen LogP contribution in [0.15, 0.2) is 84.0 Å². The summed E-state index contributed by atoms with van der Waals surface area (Å²) in [6.07, 6.45) is 0.0625. The molecule has 15 nitrogen and oxygen atoms in total. The van der Waals surface area contributed by atoms with Gasteiger partial charge in [0, 0.05) is 7.11 Å². The van der Waals surface area contributed by atoms with Gasteiger partial charge < -0.3 is 28.5 Å². The number of carbonyl (C=O) groups excluding carboxylic acids is 1. The van der Waals surface area contributed by atoms with E-state index in [0.29, 0.717) is 17.9 Å². The van der Waals surface area contributed by atoms with Crippen molar-refractivity contribution in [2.24, 2.45) is 0 Å². The standard InChI is InChI=1S/C32H34N4O11S/c1-32(2,3)24-10-14-27(15-11-24)48(40,41)35-29-28(46-26-7-5-6-23(18-26)19-42-4)30(34-21-33-29)43-16-17-44-31(37)47-25-12-8-22(9-13-25)20-45-36(38)39/h5-15,18,21H,16-17,19-20H2,1-4H3,(H,33,34,35). The SMILES string of the molecule is COCc1cccc(Oc2c(NS(=O)(=O)c3ccc(C(C)(C)C)cc3)ncnc2OCCOC(=O)Oc2ccc(CO[N+](=O)[O-])cc2)c1. The third kappa shape index (κ3) is 10.3. The number of benzene rings is 3. The Kier molecular flexibility index (Phi) is 11.7. The van der Waals surface area contributed by atoms with Gasteiger partial charge in [-0.05, 0) is 58.5 Å². The molecule has 254 valence electrons. The number of ether oxygens (including phenoxy) is 5. The number of aromatic nitrogens is 2. The molecule has 0 bridgehead atoms. The maximum Gasteiger partial charge on any atom is 0.513 e. The predicted octanol–water partition coefficient (Wildman–Crippen LogP) is 5.82. The summed E-state index contributed by atoms with van der Waals surface area (Å²) in [6.45, 7) is 5.63. The first-order valence-corrected chi connectivity index (χ1v) is 15.9. The van der Waals surface area contributed by atoms with Gasteiger partial charge in [0.15, 0.2) is 5.82 Å². The quantitative estimate of drug-likeness (QED) is 0.0520. The van der Waals surface area contributed by atoms with E-state index in [1.807, 2.05) is 26.8 Å². The van der Waals surface area contributed by atoms with Crippen LogP contribution >= 0.6 is 0 Å². The number of methoxy groups -OCH3 is 1. The van der Waals surface area contributed by atoms with Crippen molar-refractivity contribution in [1.82, 2.24) is 9.97 Å². The zero-order chi connectivity index (χ0) is 34.7. The normalized spacial score (nSPS) is 11.3. The highest BCUT2D eigenvalue weighted by atomic mass is 32.2. The van der Waals surface area contributed by atoms with Crippen molar-refractivity contribution in [3.8, 4) is 23.1 Å². The molecule has 16 heteroatoms. The second-order valence-corrected chi connectivity index (χ2v) is 12.8. The van der Waals surface area contributed by atoms with Crippen LogP contribution in [0.5, 0.6) is 23.1 Å². The number of rotatable bonds is 15. The van der Waals surface area contributed by atoms with Gasteiger partial charge in [0.05, 0.1) is 11.5 Å². The molecule has 0 aliphatic rings. The third-order valence-electron chi connectivity index (χ3n) is 6.47. The topological polar surface area (TPSA) is 188 Å². The highest BCUT2D eigenvalue weighted by Gasteiger charge is 2.23. The number of nitrogens with one attached hydrogen (secondary N) is 1. The van der Waals surface area contributed by atoms with Crippen LogP contribution in [0.3, 0.4) is 0 Å². The number of hydrogen-bond acceptors (Lipinski definition) is 13. The molecule has 1 aromatic heterocycles. The number of nitrogens with zero attached hydrogens (tertiary/aromatic N) is 3. The van der Waals surface area contributed by atoms with Gasteiger partial charge in [-0.1, -0.05) is 57.2 Å². The highest BCUT2D eigenvalue weighted by Crippen LogP contribution is 2.37. The molecule has 0 aliphatic heterocycles. The maximum atomic E-state index is 13.4. The molecular weight excluding hydrogens is 648 g/mol. The first-order valence-electron chi connectivity index (χ1n) is 14.4. The Labute approximate surface area is 276 Å². The summed E-state index contributed by atoms with van der Waals surface area (Å²) in [7, 11) is -2.57. The molecule has 4 rings (SSSR count). The molecule has 0 spiro atoms. The van der Waals surface area contributed by atoms with Crippen LogP contribution in [0.4, 0.5) is 10.6 Å². The Balaban J connectivity index is 1.47. The van der Waals surface area contributed by atoms with Crippen LogP contribution in [-0.2, 0) is 43.0 Å². The summed E-state index contributed by atoms with van der Waals surface area (Å²) >= 11 is 0. The molecule has 0 radical (unpaired) electrons. The second kappa shape index (κ2) is 15.9. The van der Waals surface area contributed by atoms with Crippen LogP contribution in [0.2, 0.25) is 0 Å². The minimum atomic E-state index is -4.12. The molecule has 1 N–H and O–H groups in total. The van der Waals surface area contributed by atoms with E-state index in [9.17, 15) is 23.3 Å². The molecule has 4 aromatic rings. The van der Waals surface area contributed by atoms with Gasteiger partial charge in [-0.25, -0.2) is 18.2 Å². The minimum absolute atomic E-state index is 0.0103. The number of sulfonamides is 1. The Hall–Kier alpha value is -5.48. The van der Waals surface area contributed by atoms with E-state index in [0.717, 1.165) is 17.5 Å². The fourth-order valence-corrected chi connectivity index (χ4v) is 5.11. The van der Waals surface area contributed by atoms with Gasteiger partial charge in [0.25, 0.3) is 21.0 Å². The lowest BCUT2D eigenvalue weighted by Crippen LogP contribution is -2.18. The van der Waals surface area contributed by atoms with E-state index in [1.54, 1.807) is 37.4 Å². The van der Waals surface area contributed by atoms with E-state index in [1.165, 1.54) is 36.4 Å². The van der Waals surface area contributed by atoms with Gasteiger partial charge in [-0.3, -0.25) is 4.72 Å². The van der Waals surface area contributed by atoms with Crippen molar-refractivity contribution < 1.29 is 46.8 Å². The molecule has 0 saturated carbocycles. The summed E-state index contributed by atoms with van der Waals surface area (Å²) in [5, 5.41) is 9.43. The zero-order valence-electron chi connectivity index (χ0n) is 26.6. The third-order valence-corrected chi connectivity index (χ3v) is 7.82. The summed E-state index contributed by atoms with van der Waals surface area (Å²) in [5.74, 6) is 0.00966. The summed E-state index contributed by atoms with van der Waals surface area (Å²) in [6, 6.07) is 19.2. The van der Waals surface area contributed by atoms with Gasteiger partial charge in [-0.2, -0.15) is 4.98 Å². The summed E-state index contributed by atoms with van der Waals surface area (Å²) < 4.78 is 56.4. The second-order valence-electron chi connectivity index (χ2n) is 11.1. The van der Waals surface area contributed by atoms with Gasteiger partial charge in [-0.15, -0.1) is 10.1 Å². The van der Waals surface area contributed by atoms with Gasteiger partial charge >= 0.3 is 6.16 Å². The zero-order valence-corrected chi connectivity index (χ0v) is 27.4. The van der Waals surface area contributed by atoms with E-state index in [-0.39, 0.29) is 53.3 Å². The largest absolute Gasteiger partial charge is 0.513 e. The molecule has 0 aliphatic carbocycles. The molecule has 0 fully saturated rings. The maximum absolute atomic E-state index is 13.4. The lowest BCUT2D eigenvalue weighted by molar-refractivity contribution is -0.763. The monoisotopic (exact) mass is 682 g/mol. The summed E-state index contributed by atoms with van der Waals surface area (Å²) in [4.78, 5) is 35.1. The number of anilines is 1. The molecular formula is C32H34N4O11S. The molecule has 0 saturated heterocycles. The number of carbonyl (C=O) groups is 1. The molecule has 3 aromatic carbocycles. The first kappa shape index (κ1) is 35.4. The Morgan fingerprint density at radius 2 is 1.65 bits per heavy atom. The molecule has 0 atom stereocenters. The predicted molar refractivity (Wildman–Crippen MR) is 171 cm³/mol. The van der Waals surface area contributed by atoms with Gasteiger partial charge in [0.1, 0.15) is 37.6 Å². The Morgan fingerprint density at radius 1 is 0.917 bits per heavy atom. The van der Waals surface area contributed by atoms with E-state index >= 15 is 0 Å². The Morgan fingerprint density at radius 3 is 2.31 bits per heavy atom. The van der Waals surface area contributed by atoms with Crippen molar-refractivity contribution in [3.05, 3.63) is 106 Å². The molecule has 0 unspecified atom stereocenters. The molecule has 0 amide bonds. The van der Waals surface area contributed by atoms with Crippen molar-refractivity contribution in [2.45, 2.75) is 44.3 Å². The fourth-order valence-electron chi connectivity index (χ4n) is 4.10. The van der Waals surface area contributed by atoms with Crippen molar-refractivity contribution in [3.63, 3.8) is 0 Å². The van der Waals surface area contributed by atoms with Crippen molar-refractivity contribution in [2.75, 3.05) is 25.0 Å². The lowest BCUT2D eigenvalue weighted by atomic mass is 9.87. The smallest absolute Gasteiger partial charge is 0.471 e. The lowest BCUT2D eigenvalue weighted by Gasteiger charge is -2.19. The van der Waals surface area contributed by atoms with E-state index < -0.39 is 21.3 Å². The minimum Gasteiger partial charge on any atom is -0.471 e. The van der Waals surface area contributed by atoms with Crippen LogP contribution in [-0.4, -0.2) is 50.0 Å². The molecule has 48 heavy (non-hydrogen) atoms. The van der Waals surface area contributed by atoms with Gasteiger partial charge in [0.2, 0.25) is 5.75 Å². The fraction of sp³-hybridized carbons (Fsp3) is 0.281. The average Bonchev–Trinajstić information content (AvgIpc) is 3.04. The summed E-state index contributed by atoms with van der Waals surface area (Å²) in [5.41, 5.74) is 2.08. The number of hydrogen-bond donors (Lipinski definition) is 1. The highest BCUT2D eigenvalue weighted by molar-refractivity contribution is 7.92. The average molecular weight is 683 g/mol. The van der Waals surface area contributed by atoms with E-state index in [4.69, 9.17) is 23.7 Å². The Bertz CT molecular complexity index is 1810. The van der Waals surface area contributed by atoms with Crippen molar-refractivity contribution >= 4 is 22.0 Å².